The maximum absolute atomic E-state index is 13.3. The van der Waals surface area contributed by atoms with E-state index in [9.17, 15) is 12.8 Å². The highest BCUT2D eigenvalue weighted by atomic mass is 32.2. The number of sulfonamides is 1. The molecule has 0 saturated carbocycles. The number of benzene rings is 2. The van der Waals surface area contributed by atoms with Gasteiger partial charge in [-0.05, 0) is 80.5 Å². The summed E-state index contributed by atoms with van der Waals surface area (Å²) >= 11 is 0. The molecule has 1 fully saturated rings. The van der Waals surface area contributed by atoms with Crippen LogP contribution < -0.4 is 21.7 Å². The second-order valence-corrected chi connectivity index (χ2v) is 9.82. The van der Waals surface area contributed by atoms with Gasteiger partial charge in [0.1, 0.15) is 11.6 Å². The van der Waals surface area contributed by atoms with Crippen LogP contribution in [0.3, 0.4) is 0 Å². The first-order valence-electron chi connectivity index (χ1n) is 11.1. The number of aromatic nitrogens is 2. The van der Waals surface area contributed by atoms with E-state index in [1.807, 2.05) is 0 Å². The van der Waals surface area contributed by atoms with Gasteiger partial charge >= 0.3 is 0 Å². The van der Waals surface area contributed by atoms with Crippen molar-refractivity contribution in [3.05, 3.63) is 66.6 Å². The minimum atomic E-state index is -3.67. The summed E-state index contributed by atoms with van der Waals surface area (Å²) in [5.41, 5.74) is 7.06. The van der Waals surface area contributed by atoms with Crippen molar-refractivity contribution >= 4 is 33.2 Å². The van der Waals surface area contributed by atoms with Crippen LogP contribution in [0.25, 0.3) is 0 Å². The molecule has 0 spiro atoms. The van der Waals surface area contributed by atoms with E-state index in [0.29, 0.717) is 23.1 Å². The lowest BCUT2D eigenvalue weighted by Crippen LogP contribution is -2.47. The average Bonchev–Trinajstić information content (AvgIpc) is 2.85. The fourth-order valence-corrected chi connectivity index (χ4v) is 5.57. The highest BCUT2D eigenvalue weighted by Gasteiger charge is 2.31. The van der Waals surface area contributed by atoms with Gasteiger partial charge in [-0.3, -0.25) is 0 Å². The molecule has 2 heterocycles. The molecule has 34 heavy (non-hydrogen) atoms. The van der Waals surface area contributed by atoms with Crippen LogP contribution in [0.5, 0.6) is 0 Å². The minimum Gasteiger partial charge on any atom is -0.340 e. The van der Waals surface area contributed by atoms with E-state index in [4.69, 9.17) is 5.73 Å². The van der Waals surface area contributed by atoms with Crippen LogP contribution in [-0.4, -0.2) is 54.9 Å². The molecular formula is C23H28FN7O2S. The van der Waals surface area contributed by atoms with Crippen molar-refractivity contribution in [3.8, 4) is 0 Å². The predicted octanol–water partition coefficient (Wildman–Crippen LogP) is 2.80. The highest BCUT2D eigenvalue weighted by molar-refractivity contribution is 7.89. The first kappa shape index (κ1) is 24.0. The number of rotatable bonds is 9. The topological polar surface area (TPSA) is 125 Å². The molecular weight excluding hydrogens is 457 g/mol. The fourth-order valence-electron chi connectivity index (χ4n) is 3.87. The van der Waals surface area contributed by atoms with Crippen LogP contribution in [0, 0.1) is 5.82 Å². The summed E-state index contributed by atoms with van der Waals surface area (Å²) in [7, 11) is -3.67. The normalized spacial score (nSPS) is 14.8. The average molecular weight is 486 g/mol. The zero-order valence-corrected chi connectivity index (χ0v) is 19.4. The van der Waals surface area contributed by atoms with E-state index in [2.05, 4.69) is 25.9 Å². The SMILES string of the molecule is NCCN(C1CCNCC1)S(=O)(=O)c1ccc(Nc2nccc(Nc3ccc(F)cc3)n2)cc1. The molecule has 0 unspecified atom stereocenters. The third-order valence-corrected chi connectivity index (χ3v) is 7.52. The molecule has 3 aromatic rings. The molecule has 4 rings (SSSR count). The van der Waals surface area contributed by atoms with Crippen LogP contribution in [-0.2, 0) is 10.0 Å². The summed E-state index contributed by atoms with van der Waals surface area (Å²) in [6.07, 6.45) is 3.11. The first-order valence-corrected chi connectivity index (χ1v) is 12.5. The lowest BCUT2D eigenvalue weighted by Gasteiger charge is -2.33. The maximum atomic E-state index is 13.3. The number of nitrogens with zero attached hydrogens (tertiary/aromatic N) is 3. The Morgan fingerprint density at radius 1 is 1.00 bits per heavy atom. The Morgan fingerprint density at radius 3 is 2.32 bits per heavy atom. The summed E-state index contributed by atoms with van der Waals surface area (Å²) < 4.78 is 41.2. The summed E-state index contributed by atoms with van der Waals surface area (Å²) in [6.45, 7) is 2.13. The maximum Gasteiger partial charge on any atom is 0.243 e. The van der Waals surface area contributed by atoms with Gasteiger partial charge in [-0.2, -0.15) is 9.29 Å². The van der Waals surface area contributed by atoms with E-state index >= 15 is 0 Å². The Balaban J connectivity index is 1.46. The predicted molar refractivity (Wildman–Crippen MR) is 130 cm³/mol. The molecule has 0 aliphatic carbocycles. The van der Waals surface area contributed by atoms with Gasteiger partial charge in [-0.15, -0.1) is 0 Å². The molecule has 0 amide bonds. The van der Waals surface area contributed by atoms with Gasteiger partial charge in [-0.1, -0.05) is 0 Å². The second-order valence-electron chi connectivity index (χ2n) is 7.93. The molecule has 9 nitrogen and oxygen atoms in total. The van der Waals surface area contributed by atoms with Crippen LogP contribution in [0.2, 0.25) is 0 Å². The largest absolute Gasteiger partial charge is 0.340 e. The molecule has 1 saturated heterocycles. The van der Waals surface area contributed by atoms with Crippen LogP contribution in [0.1, 0.15) is 12.8 Å². The molecule has 0 radical (unpaired) electrons. The molecule has 1 aliphatic heterocycles. The van der Waals surface area contributed by atoms with Crippen LogP contribution in [0.4, 0.5) is 27.5 Å². The summed E-state index contributed by atoms with van der Waals surface area (Å²) in [5.74, 6) is 0.549. The van der Waals surface area contributed by atoms with Crippen molar-refractivity contribution in [3.63, 3.8) is 0 Å². The smallest absolute Gasteiger partial charge is 0.243 e. The van der Waals surface area contributed by atoms with Crippen molar-refractivity contribution in [1.29, 1.82) is 0 Å². The monoisotopic (exact) mass is 485 g/mol. The molecule has 1 aromatic heterocycles. The lowest BCUT2D eigenvalue weighted by atomic mass is 10.1. The Labute approximate surface area is 198 Å². The number of nitrogens with two attached hydrogens (primary N) is 1. The van der Waals surface area contributed by atoms with Crippen molar-refractivity contribution in [1.82, 2.24) is 19.6 Å². The van der Waals surface area contributed by atoms with Gasteiger partial charge < -0.3 is 21.7 Å². The molecule has 180 valence electrons. The van der Waals surface area contributed by atoms with E-state index in [1.165, 1.54) is 16.4 Å². The minimum absolute atomic E-state index is 0.0580. The van der Waals surface area contributed by atoms with E-state index in [1.54, 1.807) is 48.7 Å². The molecule has 11 heteroatoms. The first-order chi connectivity index (χ1) is 16.5. The zero-order chi connectivity index (χ0) is 24.0. The Hall–Kier alpha value is -3.12. The van der Waals surface area contributed by atoms with Gasteiger partial charge in [0.15, 0.2) is 0 Å². The quantitative estimate of drug-likeness (QED) is 0.365. The van der Waals surface area contributed by atoms with Crippen LogP contribution >= 0.6 is 0 Å². The second kappa shape index (κ2) is 10.9. The summed E-state index contributed by atoms with van der Waals surface area (Å²) in [4.78, 5) is 8.82. The van der Waals surface area contributed by atoms with E-state index in [0.717, 1.165) is 25.9 Å². The number of halogens is 1. The fraction of sp³-hybridized carbons (Fsp3) is 0.304. The number of hydrogen-bond donors (Lipinski definition) is 4. The zero-order valence-electron chi connectivity index (χ0n) is 18.6. The third-order valence-electron chi connectivity index (χ3n) is 5.55. The van der Waals surface area contributed by atoms with Crippen molar-refractivity contribution in [2.75, 3.05) is 36.8 Å². The van der Waals surface area contributed by atoms with E-state index in [-0.39, 0.29) is 29.8 Å². The van der Waals surface area contributed by atoms with Gasteiger partial charge in [0.05, 0.1) is 4.90 Å². The van der Waals surface area contributed by atoms with Crippen molar-refractivity contribution in [2.45, 2.75) is 23.8 Å². The standard InChI is InChI=1S/C23H28FN7O2S/c24-17-1-3-18(4-2-17)28-22-11-15-27-23(30-22)29-19-5-7-21(8-6-19)34(32,33)31(16-12-25)20-9-13-26-14-10-20/h1-8,11,15,20,26H,9-10,12-14,16,25H2,(H2,27,28,29,30). The lowest BCUT2D eigenvalue weighted by molar-refractivity contribution is 0.266. The number of nitrogens with one attached hydrogen (secondary N) is 3. The molecule has 2 aromatic carbocycles. The third kappa shape index (κ3) is 5.86. The van der Waals surface area contributed by atoms with Gasteiger partial charge in [0.2, 0.25) is 16.0 Å². The van der Waals surface area contributed by atoms with E-state index < -0.39 is 10.0 Å². The van der Waals surface area contributed by atoms with Gasteiger partial charge in [0.25, 0.3) is 0 Å². The highest BCUT2D eigenvalue weighted by Crippen LogP contribution is 2.24. The molecule has 0 atom stereocenters. The number of piperidine rings is 1. The Kier molecular flexibility index (Phi) is 7.68. The number of hydrogen-bond acceptors (Lipinski definition) is 8. The van der Waals surface area contributed by atoms with Crippen LogP contribution in [0.15, 0.2) is 65.7 Å². The number of anilines is 4. The van der Waals surface area contributed by atoms with Gasteiger partial charge in [-0.25, -0.2) is 17.8 Å². The van der Waals surface area contributed by atoms with Crippen molar-refractivity contribution in [2.24, 2.45) is 5.73 Å². The molecule has 1 aliphatic rings. The molecule has 0 bridgehead atoms. The summed E-state index contributed by atoms with van der Waals surface area (Å²) in [5, 5.41) is 9.42. The summed E-state index contributed by atoms with van der Waals surface area (Å²) in [6, 6.07) is 14.1. The molecule has 5 N–H and O–H groups in total. The Morgan fingerprint density at radius 2 is 1.65 bits per heavy atom. The van der Waals surface area contributed by atoms with Gasteiger partial charge in [0, 0.05) is 36.7 Å². The van der Waals surface area contributed by atoms with Crippen molar-refractivity contribution < 1.29 is 12.8 Å². The Bertz CT molecular complexity index is 1180.